The summed E-state index contributed by atoms with van der Waals surface area (Å²) in [6, 6.07) is 5.68. The smallest absolute Gasteiger partial charge is 0.227 e. The first-order valence-corrected chi connectivity index (χ1v) is 6.25. The molecule has 3 nitrogen and oxygen atoms in total. The third-order valence-corrected chi connectivity index (χ3v) is 3.75. The van der Waals surface area contributed by atoms with Crippen LogP contribution in [0.5, 0.6) is 0 Å². The maximum absolute atomic E-state index is 12.2. The third-order valence-electron chi connectivity index (χ3n) is 3.75. The lowest BCUT2D eigenvalue weighted by Crippen LogP contribution is -2.25. The first-order chi connectivity index (χ1) is 8.09. The van der Waals surface area contributed by atoms with Crippen LogP contribution in [0.3, 0.4) is 0 Å². The van der Waals surface area contributed by atoms with Crippen LogP contribution < -0.4 is 11.1 Å². The fourth-order valence-corrected chi connectivity index (χ4v) is 2.61. The summed E-state index contributed by atoms with van der Waals surface area (Å²) in [5.41, 5.74) is 8.32. The molecule has 1 fully saturated rings. The summed E-state index contributed by atoms with van der Waals surface area (Å²) in [6.07, 6.45) is 3.31. The number of hydrogen-bond donors (Lipinski definition) is 2. The topological polar surface area (TPSA) is 55.1 Å². The van der Waals surface area contributed by atoms with Crippen LogP contribution in [-0.2, 0) is 4.79 Å². The van der Waals surface area contributed by atoms with E-state index < -0.39 is 0 Å². The number of aryl methyl sites for hydroxylation is 1. The SMILES string of the molecule is Cc1cccc(N)c1NC(=O)C1CCCC1C. The van der Waals surface area contributed by atoms with E-state index in [1.807, 2.05) is 25.1 Å². The summed E-state index contributed by atoms with van der Waals surface area (Å²) in [4.78, 5) is 12.2. The molecule has 0 saturated heterocycles. The predicted octanol–water partition coefficient (Wildman–Crippen LogP) is 2.95. The predicted molar refractivity (Wildman–Crippen MR) is 70.7 cm³/mol. The Balaban J connectivity index is 2.13. The maximum Gasteiger partial charge on any atom is 0.227 e. The molecule has 0 heterocycles. The van der Waals surface area contributed by atoms with Crippen molar-refractivity contribution < 1.29 is 4.79 Å². The Morgan fingerprint density at radius 1 is 1.41 bits per heavy atom. The van der Waals surface area contributed by atoms with Gasteiger partial charge in [-0.3, -0.25) is 4.79 Å². The Bertz CT molecular complexity index is 408. The Kier molecular flexibility index (Phi) is 3.36. The quantitative estimate of drug-likeness (QED) is 0.770. The summed E-state index contributed by atoms with van der Waals surface area (Å²) in [7, 11) is 0. The molecule has 1 aliphatic rings. The standard InChI is InChI=1S/C14H20N2O/c1-9-5-3-7-11(9)14(17)16-13-10(2)6-4-8-12(13)15/h4,6,8-9,11H,3,5,7,15H2,1-2H3,(H,16,17). The highest BCUT2D eigenvalue weighted by Crippen LogP contribution is 2.33. The molecule has 1 aliphatic carbocycles. The van der Waals surface area contributed by atoms with E-state index in [-0.39, 0.29) is 11.8 Å². The number of hydrogen-bond acceptors (Lipinski definition) is 2. The zero-order chi connectivity index (χ0) is 12.4. The summed E-state index contributed by atoms with van der Waals surface area (Å²) < 4.78 is 0. The highest BCUT2D eigenvalue weighted by Gasteiger charge is 2.30. The van der Waals surface area contributed by atoms with Crippen molar-refractivity contribution in [1.82, 2.24) is 0 Å². The van der Waals surface area contributed by atoms with Gasteiger partial charge in [-0.2, -0.15) is 0 Å². The van der Waals surface area contributed by atoms with E-state index in [4.69, 9.17) is 5.73 Å². The number of carbonyl (C=O) groups excluding carboxylic acids is 1. The van der Waals surface area contributed by atoms with Gasteiger partial charge in [-0.1, -0.05) is 25.5 Å². The average Bonchev–Trinajstić information content (AvgIpc) is 2.70. The van der Waals surface area contributed by atoms with Gasteiger partial charge in [0.05, 0.1) is 11.4 Å². The Morgan fingerprint density at radius 2 is 2.18 bits per heavy atom. The minimum Gasteiger partial charge on any atom is -0.397 e. The van der Waals surface area contributed by atoms with Gasteiger partial charge in [0, 0.05) is 5.92 Å². The van der Waals surface area contributed by atoms with Crippen LogP contribution in [0.4, 0.5) is 11.4 Å². The molecule has 3 heteroatoms. The lowest BCUT2D eigenvalue weighted by atomic mass is 9.97. The van der Waals surface area contributed by atoms with Gasteiger partial charge < -0.3 is 11.1 Å². The number of nitrogen functional groups attached to an aromatic ring is 1. The zero-order valence-electron chi connectivity index (χ0n) is 10.5. The monoisotopic (exact) mass is 232 g/mol. The van der Waals surface area contributed by atoms with Crippen molar-refractivity contribution in [2.75, 3.05) is 11.1 Å². The minimum atomic E-state index is 0.121. The highest BCUT2D eigenvalue weighted by molar-refractivity contribution is 5.96. The number of amides is 1. The van der Waals surface area contributed by atoms with Crippen molar-refractivity contribution in [3.8, 4) is 0 Å². The second-order valence-corrected chi connectivity index (χ2v) is 5.04. The van der Waals surface area contributed by atoms with Gasteiger partial charge in [-0.05, 0) is 37.3 Å². The van der Waals surface area contributed by atoms with E-state index in [1.165, 1.54) is 0 Å². The van der Waals surface area contributed by atoms with Gasteiger partial charge in [0.25, 0.3) is 0 Å². The maximum atomic E-state index is 12.2. The fraction of sp³-hybridized carbons (Fsp3) is 0.500. The van der Waals surface area contributed by atoms with E-state index in [0.29, 0.717) is 11.6 Å². The van der Waals surface area contributed by atoms with Crippen LogP contribution in [0.2, 0.25) is 0 Å². The van der Waals surface area contributed by atoms with Gasteiger partial charge in [0.2, 0.25) is 5.91 Å². The molecule has 2 unspecified atom stereocenters. The third kappa shape index (κ3) is 2.43. The Morgan fingerprint density at radius 3 is 2.76 bits per heavy atom. The molecule has 0 radical (unpaired) electrons. The van der Waals surface area contributed by atoms with Crippen LogP contribution in [0.1, 0.15) is 31.7 Å². The zero-order valence-corrected chi connectivity index (χ0v) is 10.5. The first-order valence-electron chi connectivity index (χ1n) is 6.25. The second kappa shape index (κ2) is 4.78. The van der Waals surface area contributed by atoms with Crippen molar-refractivity contribution in [1.29, 1.82) is 0 Å². The Labute approximate surface area is 102 Å². The molecule has 1 aromatic carbocycles. The molecule has 3 N–H and O–H groups in total. The molecule has 0 spiro atoms. The van der Waals surface area contributed by atoms with Crippen LogP contribution in [0.25, 0.3) is 0 Å². The second-order valence-electron chi connectivity index (χ2n) is 5.04. The van der Waals surface area contributed by atoms with Gasteiger partial charge in [0.15, 0.2) is 0 Å². The molecule has 1 aromatic rings. The molecular formula is C14H20N2O. The number of anilines is 2. The van der Waals surface area contributed by atoms with Crippen LogP contribution >= 0.6 is 0 Å². The Hall–Kier alpha value is -1.51. The average molecular weight is 232 g/mol. The van der Waals surface area contributed by atoms with E-state index >= 15 is 0 Å². The largest absolute Gasteiger partial charge is 0.397 e. The van der Waals surface area contributed by atoms with Gasteiger partial charge >= 0.3 is 0 Å². The lowest BCUT2D eigenvalue weighted by molar-refractivity contribution is -0.120. The van der Waals surface area contributed by atoms with Crippen LogP contribution in [-0.4, -0.2) is 5.91 Å². The summed E-state index contributed by atoms with van der Waals surface area (Å²) >= 11 is 0. The summed E-state index contributed by atoms with van der Waals surface area (Å²) in [5, 5.41) is 2.99. The molecule has 1 saturated carbocycles. The fourth-order valence-electron chi connectivity index (χ4n) is 2.61. The van der Waals surface area contributed by atoms with Crippen LogP contribution in [0.15, 0.2) is 18.2 Å². The van der Waals surface area contributed by atoms with E-state index in [2.05, 4.69) is 12.2 Å². The number of carbonyl (C=O) groups is 1. The van der Waals surface area contributed by atoms with Gasteiger partial charge in [0.1, 0.15) is 0 Å². The number of rotatable bonds is 2. The number of benzene rings is 1. The number of para-hydroxylation sites is 1. The van der Waals surface area contributed by atoms with Crippen molar-refractivity contribution in [3.05, 3.63) is 23.8 Å². The van der Waals surface area contributed by atoms with E-state index in [0.717, 1.165) is 30.5 Å². The van der Waals surface area contributed by atoms with E-state index in [9.17, 15) is 4.79 Å². The molecule has 2 atom stereocenters. The van der Waals surface area contributed by atoms with E-state index in [1.54, 1.807) is 0 Å². The first kappa shape index (κ1) is 12.0. The molecule has 0 aliphatic heterocycles. The molecule has 92 valence electrons. The number of nitrogens with two attached hydrogens (primary N) is 1. The van der Waals surface area contributed by atoms with Crippen molar-refractivity contribution >= 4 is 17.3 Å². The van der Waals surface area contributed by atoms with Crippen molar-refractivity contribution in [2.24, 2.45) is 11.8 Å². The van der Waals surface area contributed by atoms with Crippen LogP contribution in [0, 0.1) is 18.8 Å². The van der Waals surface area contributed by atoms with Gasteiger partial charge in [-0.15, -0.1) is 0 Å². The summed E-state index contributed by atoms with van der Waals surface area (Å²) in [5.74, 6) is 0.755. The van der Waals surface area contributed by atoms with Gasteiger partial charge in [-0.25, -0.2) is 0 Å². The number of nitrogens with one attached hydrogen (secondary N) is 1. The normalized spacial score (nSPS) is 23.6. The highest BCUT2D eigenvalue weighted by atomic mass is 16.1. The van der Waals surface area contributed by atoms with Crippen molar-refractivity contribution in [2.45, 2.75) is 33.1 Å². The summed E-state index contributed by atoms with van der Waals surface area (Å²) in [6.45, 7) is 4.11. The molecule has 2 rings (SSSR count). The lowest BCUT2D eigenvalue weighted by Gasteiger charge is -2.17. The molecule has 0 bridgehead atoms. The molecular weight excluding hydrogens is 212 g/mol. The molecule has 17 heavy (non-hydrogen) atoms. The molecule has 0 aromatic heterocycles. The molecule has 1 amide bonds. The minimum absolute atomic E-state index is 0.121. The van der Waals surface area contributed by atoms with Crippen molar-refractivity contribution in [3.63, 3.8) is 0 Å².